The van der Waals surface area contributed by atoms with E-state index in [-0.39, 0.29) is 43.1 Å². The SMILES string of the molecule is CC(C)C[C@H](O)[C@H](O)[C@H](CC1CCCCC1)N(CC(=O)N(C)C)C(=O)[C@@H](CC(=O)NCc1ccccn1)CC1CC1. The van der Waals surface area contributed by atoms with Crippen molar-refractivity contribution in [3.05, 3.63) is 30.1 Å². The summed E-state index contributed by atoms with van der Waals surface area (Å²) in [4.78, 5) is 47.7. The molecule has 2 fully saturated rings. The van der Waals surface area contributed by atoms with E-state index >= 15 is 0 Å². The fourth-order valence-corrected chi connectivity index (χ4v) is 5.99. The molecule has 3 rings (SSSR count). The number of nitrogens with one attached hydrogen (secondary N) is 1. The van der Waals surface area contributed by atoms with Crippen LogP contribution >= 0.6 is 0 Å². The molecule has 9 heteroatoms. The van der Waals surface area contributed by atoms with E-state index in [0.717, 1.165) is 44.2 Å². The Balaban J connectivity index is 1.86. The maximum absolute atomic E-state index is 14.4. The summed E-state index contributed by atoms with van der Waals surface area (Å²) in [5.74, 6) is -0.524. The van der Waals surface area contributed by atoms with Gasteiger partial charge in [0.2, 0.25) is 17.7 Å². The van der Waals surface area contributed by atoms with E-state index in [1.807, 2.05) is 32.0 Å². The first-order chi connectivity index (χ1) is 19.5. The van der Waals surface area contributed by atoms with Gasteiger partial charge in [-0.05, 0) is 49.1 Å². The maximum atomic E-state index is 14.4. The number of likely N-dealkylation sites (N-methyl/N-ethyl adjacent to an activating group) is 1. The summed E-state index contributed by atoms with van der Waals surface area (Å²) >= 11 is 0. The molecule has 0 unspecified atom stereocenters. The molecule has 0 aromatic carbocycles. The second kappa shape index (κ2) is 16.2. The van der Waals surface area contributed by atoms with Crippen LogP contribution in [0.15, 0.2) is 24.4 Å². The molecule has 3 amide bonds. The number of nitrogens with zero attached hydrogens (tertiary/aromatic N) is 3. The van der Waals surface area contributed by atoms with Crippen molar-refractivity contribution in [2.75, 3.05) is 20.6 Å². The first-order valence-corrected chi connectivity index (χ1v) is 15.6. The minimum atomic E-state index is -1.18. The third-order valence-corrected chi connectivity index (χ3v) is 8.58. The second-order valence-electron chi connectivity index (χ2n) is 12.9. The number of carbonyl (C=O) groups excluding carboxylic acids is 3. The summed E-state index contributed by atoms with van der Waals surface area (Å²) in [5.41, 5.74) is 0.735. The smallest absolute Gasteiger partial charge is 0.241 e. The molecule has 230 valence electrons. The first kappa shape index (κ1) is 33.0. The minimum Gasteiger partial charge on any atom is -0.390 e. The van der Waals surface area contributed by atoms with Crippen LogP contribution in [0.2, 0.25) is 0 Å². The summed E-state index contributed by atoms with van der Waals surface area (Å²) in [6, 6.07) is 4.80. The van der Waals surface area contributed by atoms with Crippen molar-refractivity contribution < 1.29 is 24.6 Å². The molecule has 0 spiro atoms. The highest BCUT2D eigenvalue weighted by molar-refractivity contribution is 5.89. The van der Waals surface area contributed by atoms with E-state index in [0.29, 0.717) is 31.1 Å². The van der Waals surface area contributed by atoms with Gasteiger partial charge in [0.05, 0.1) is 24.4 Å². The molecule has 3 N–H and O–H groups in total. The van der Waals surface area contributed by atoms with Gasteiger partial charge in [-0.15, -0.1) is 0 Å². The highest BCUT2D eigenvalue weighted by Gasteiger charge is 2.41. The molecule has 1 heterocycles. The van der Waals surface area contributed by atoms with E-state index in [1.54, 1.807) is 20.3 Å². The highest BCUT2D eigenvalue weighted by atomic mass is 16.3. The quantitative estimate of drug-likeness (QED) is 0.279. The lowest BCUT2D eigenvalue weighted by Crippen LogP contribution is -2.56. The molecule has 41 heavy (non-hydrogen) atoms. The van der Waals surface area contributed by atoms with Crippen molar-refractivity contribution in [3.8, 4) is 0 Å². The van der Waals surface area contributed by atoms with Gasteiger partial charge in [-0.3, -0.25) is 19.4 Å². The fraction of sp³-hybridized carbons (Fsp3) is 0.750. The Labute approximate surface area is 246 Å². The largest absolute Gasteiger partial charge is 0.390 e. The van der Waals surface area contributed by atoms with Crippen molar-refractivity contribution in [2.45, 2.75) is 109 Å². The Kier molecular flexibility index (Phi) is 13.0. The monoisotopic (exact) mass is 572 g/mol. The number of pyridine rings is 1. The Morgan fingerprint density at radius 1 is 1.00 bits per heavy atom. The molecular weight excluding hydrogens is 520 g/mol. The Hall–Kier alpha value is -2.52. The lowest BCUT2D eigenvalue weighted by Gasteiger charge is -2.41. The van der Waals surface area contributed by atoms with Crippen LogP contribution in [0.1, 0.15) is 90.2 Å². The van der Waals surface area contributed by atoms with Gasteiger partial charge in [-0.25, -0.2) is 0 Å². The van der Waals surface area contributed by atoms with Crippen LogP contribution < -0.4 is 5.32 Å². The summed E-state index contributed by atoms with van der Waals surface area (Å²) in [5, 5.41) is 25.5. The normalized spacial score (nSPS) is 18.8. The van der Waals surface area contributed by atoms with Crippen molar-refractivity contribution >= 4 is 17.7 Å². The average Bonchev–Trinajstić information content (AvgIpc) is 3.77. The molecule has 1 aromatic heterocycles. The van der Waals surface area contributed by atoms with Gasteiger partial charge in [-0.2, -0.15) is 0 Å². The zero-order valence-electron chi connectivity index (χ0n) is 25.5. The van der Waals surface area contributed by atoms with E-state index in [4.69, 9.17) is 0 Å². The van der Waals surface area contributed by atoms with Gasteiger partial charge in [0, 0.05) is 32.6 Å². The van der Waals surface area contributed by atoms with Crippen LogP contribution in [0, 0.1) is 23.7 Å². The standard InChI is InChI=1S/C32H52N4O5/c1-22(2)16-28(37)31(40)27(18-23-10-6-5-7-11-23)36(21-30(39)35(3)4)32(41)25(17-24-13-14-24)19-29(38)34-20-26-12-8-9-15-33-26/h8-9,12,15,22-25,27-28,31,37,40H,5-7,10-11,13-14,16-21H2,1-4H3,(H,34,38)/t25-,27+,28+,31-/m1/s1. The molecule has 0 bridgehead atoms. The predicted molar refractivity (Wildman–Crippen MR) is 158 cm³/mol. The third-order valence-electron chi connectivity index (χ3n) is 8.58. The number of amides is 3. The van der Waals surface area contributed by atoms with Crippen LogP contribution in [0.5, 0.6) is 0 Å². The van der Waals surface area contributed by atoms with Gasteiger partial charge in [0.1, 0.15) is 12.6 Å². The maximum Gasteiger partial charge on any atom is 0.241 e. The third kappa shape index (κ3) is 11.0. The van der Waals surface area contributed by atoms with Gasteiger partial charge < -0.3 is 25.3 Å². The van der Waals surface area contributed by atoms with Crippen molar-refractivity contribution in [1.29, 1.82) is 0 Å². The van der Waals surface area contributed by atoms with Gasteiger partial charge in [0.25, 0.3) is 0 Å². The summed E-state index contributed by atoms with van der Waals surface area (Å²) in [6.07, 6.45) is 8.44. The van der Waals surface area contributed by atoms with E-state index < -0.39 is 24.2 Å². The number of hydrogen-bond acceptors (Lipinski definition) is 6. The summed E-state index contributed by atoms with van der Waals surface area (Å²) in [7, 11) is 3.30. The Morgan fingerprint density at radius 2 is 1.68 bits per heavy atom. The number of aromatic nitrogens is 1. The van der Waals surface area contributed by atoms with Crippen molar-refractivity contribution in [3.63, 3.8) is 0 Å². The molecule has 4 atom stereocenters. The van der Waals surface area contributed by atoms with Crippen LogP contribution in [-0.2, 0) is 20.9 Å². The van der Waals surface area contributed by atoms with Crippen molar-refractivity contribution in [2.24, 2.45) is 23.7 Å². The molecule has 2 aliphatic rings. The number of aliphatic hydroxyl groups is 2. The van der Waals surface area contributed by atoms with E-state index in [2.05, 4.69) is 10.3 Å². The summed E-state index contributed by atoms with van der Waals surface area (Å²) in [6.45, 7) is 4.06. The fourth-order valence-electron chi connectivity index (χ4n) is 5.99. The van der Waals surface area contributed by atoms with Crippen LogP contribution in [-0.4, -0.2) is 81.6 Å². The number of aliphatic hydroxyl groups excluding tert-OH is 2. The van der Waals surface area contributed by atoms with Crippen LogP contribution in [0.4, 0.5) is 0 Å². The average molecular weight is 573 g/mol. The van der Waals surface area contributed by atoms with Crippen molar-refractivity contribution in [1.82, 2.24) is 20.1 Å². The minimum absolute atomic E-state index is 0.00954. The lowest BCUT2D eigenvalue weighted by molar-refractivity contribution is -0.151. The van der Waals surface area contributed by atoms with Gasteiger partial charge in [-0.1, -0.05) is 64.9 Å². The number of rotatable bonds is 16. The molecule has 9 nitrogen and oxygen atoms in total. The zero-order chi connectivity index (χ0) is 29.9. The first-order valence-electron chi connectivity index (χ1n) is 15.6. The summed E-state index contributed by atoms with van der Waals surface area (Å²) < 4.78 is 0. The Morgan fingerprint density at radius 3 is 2.27 bits per heavy atom. The van der Waals surface area contributed by atoms with E-state index in [1.165, 1.54) is 16.2 Å². The molecule has 2 saturated carbocycles. The Bertz CT molecular complexity index is 962. The molecular formula is C32H52N4O5. The number of carbonyl (C=O) groups is 3. The lowest BCUT2D eigenvalue weighted by atomic mass is 9.81. The molecule has 1 aromatic rings. The molecule has 0 saturated heterocycles. The number of hydrogen-bond donors (Lipinski definition) is 3. The molecule has 0 aliphatic heterocycles. The van der Waals surface area contributed by atoms with Gasteiger partial charge in [0.15, 0.2) is 0 Å². The topological polar surface area (TPSA) is 123 Å². The van der Waals surface area contributed by atoms with E-state index in [9.17, 15) is 24.6 Å². The van der Waals surface area contributed by atoms with Crippen LogP contribution in [0.25, 0.3) is 0 Å². The second-order valence-corrected chi connectivity index (χ2v) is 12.9. The van der Waals surface area contributed by atoms with Gasteiger partial charge >= 0.3 is 0 Å². The van der Waals surface area contributed by atoms with Crippen LogP contribution in [0.3, 0.4) is 0 Å². The predicted octanol–water partition coefficient (Wildman–Crippen LogP) is 3.53. The zero-order valence-corrected chi connectivity index (χ0v) is 25.5. The molecule has 2 aliphatic carbocycles. The molecule has 0 radical (unpaired) electrons. The highest BCUT2D eigenvalue weighted by Crippen LogP contribution is 2.38.